The van der Waals surface area contributed by atoms with Crippen LogP contribution >= 0.6 is 15.9 Å². The van der Waals surface area contributed by atoms with Gasteiger partial charge in [-0.15, -0.1) is 5.10 Å². The molecule has 1 heterocycles. The van der Waals surface area contributed by atoms with Gasteiger partial charge in [0.25, 0.3) is 5.91 Å². The van der Waals surface area contributed by atoms with Crippen LogP contribution in [0.4, 0.5) is 5.69 Å². The Hall–Kier alpha value is -2.22. The molecule has 0 fully saturated rings. The quantitative estimate of drug-likeness (QED) is 0.798. The monoisotopic (exact) mass is 324 g/mol. The number of benzene rings is 1. The van der Waals surface area contributed by atoms with Crippen molar-refractivity contribution in [2.45, 2.75) is 6.92 Å². The first-order valence-electron chi connectivity index (χ1n) is 5.20. The Morgan fingerprint density at radius 2 is 2.16 bits per heavy atom. The van der Waals surface area contributed by atoms with E-state index in [-0.39, 0.29) is 17.1 Å². The Bertz CT molecular complexity index is 653. The number of carboxylic acids is 1. The van der Waals surface area contributed by atoms with Gasteiger partial charge >= 0.3 is 5.97 Å². The molecule has 0 aliphatic carbocycles. The van der Waals surface area contributed by atoms with Gasteiger partial charge in [0.2, 0.25) is 5.82 Å². The molecule has 1 aromatic heterocycles. The first kappa shape index (κ1) is 13.2. The van der Waals surface area contributed by atoms with Crippen LogP contribution < -0.4 is 5.32 Å². The Balaban J connectivity index is 2.30. The molecule has 0 aliphatic rings. The second kappa shape index (κ2) is 5.19. The van der Waals surface area contributed by atoms with Crippen molar-refractivity contribution in [1.29, 1.82) is 0 Å². The predicted molar refractivity (Wildman–Crippen MR) is 70.2 cm³/mol. The van der Waals surface area contributed by atoms with E-state index in [0.717, 1.165) is 0 Å². The fourth-order valence-corrected chi connectivity index (χ4v) is 1.79. The van der Waals surface area contributed by atoms with Gasteiger partial charge in [0.1, 0.15) is 5.82 Å². The fraction of sp³-hybridized carbons (Fsp3) is 0.0909. The molecule has 1 amide bonds. The lowest BCUT2D eigenvalue weighted by atomic mass is 10.2. The molecule has 2 rings (SSSR count). The summed E-state index contributed by atoms with van der Waals surface area (Å²) < 4.78 is 0.652. The van der Waals surface area contributed by atoms with Gasteiger partial charge in [0.05, 0.1) is 11.3 Å². The third kappa shape index (κ3) is 2.97. The SMILES string of the molecule is Cc1nc(C(=O)Nc2cc(Br)ccc2C(=O)O)n[nH]1. The molecule has 8 heteroatoms. The lowest BCUT2D eigenvalue weighted by molar-refractivity contribution is 0.0698. The standard InChI is InChI=1S/C11H9BrN4O3/c1-5-13-9(16-15-5)10(17)14-8-4-6(12)2-3-7(8)11(18)19/h2-4H,1H3,(H,14,17)(H,18,19)(H,13,15,16). The minimum absolute atomic E-state index is 0.0104. The van der Waals surface area contributed by atoms with E-state index >= 15 is 0 Å². The number of carbonyl (C=O) groups is 2. The number of amides is 1. The molecule has 0 spiro atoms. The molecule has 7 nitrogen and oxygen atoms in total. The van der Waals surface area contributed by atoms with E-state index in [1.807, 2.05) is 0 Å². The molecule has 0 bridgehead atoms. The second-order valence-corrected chi connectivity index (χ2v) is 4.61. The van der Waals surface area contributed by atoms with Crippen LogP contribution in [0.15, 0.2) is 22.7 Å². The number of carboxylic acid groups (broad SMARTS) is 1. The molecule has 1 aromatic carbocycles. The van der Waals surface area contributed by atoms with Crippen molar-refractivity contribution in [2.75, 3.05) is 5.32 Å². The van der Waals surface area contributed by atoms with E-state index in [1.54, 1.807) is 13.0 Å². The number of hydrogen-bond acceptors (Lipinski definition) is 4. The second-order valence-electron chi connectivity index (χ2n) is 3.69. The molecule has 0 atom stereocenters. The molecule has 0 saturated heterocycles. The zero-order valence-electron chi connectivity index (χ0n) is 9.77. The number of H-pyrrole nitrogens is 1. The zero-order chi connectivity index (χ0) is 14.0. The molecular formula is C11H9BrN4O3. The fourth-order valence-electron chi connectivity index (χ4n) is 1.43. The summed E-state index contributed by atoms with van der Waals surface area (Å²) in [5.74, 6) is -1.26. The number of aryl methyl sites for hydroxylation is 1. The van der Waals surface area contributed by atoms with E-state index in [2.05, 4.69) is 36.4 Å². The maximum Gasteiger partial charge on any atom is 0.337 e. The van der Waals surface area contributed by atoms with Crippen molar-refractivity contribution in [3.05, 3.63) is 39.9 Å². The number of nitrogens with zero attached hydrogens (tertiary/aromatic N) is 2. The molecule has 2 aromatic rings. The molecule has 0 radical (unpaired) electrons. The van der Waals surface area contributed by atoms with E-state index in [9.17, 15) is 9.59 Å². The average molecular weight is 325 g/mol. The van der Waals surface area contributed by atoms with Crippen molar-refractivity contribution in [3.8, 4) is 0 Å². The van der Waals surface area contributed by atoms with Gasteiger partial charge in [-0.3, -0.25) is 9.89 Å². The summed E-state index contributed by atoms with van der Waals surface area (Å²) >= 11 is 3.21. The van der Waals surface area contributed by atoms with Crippen LogP contribution in [0.1, 0.15) is 26.8 Å². The number of halogens is 1. The van der Waals surface area contributed by atoms with E-state index in [1.165, 1.54) is 12.1 Å². The van der Waals surface area contributed by atoms with Crippen molar-refractivity contribution in [3.63, 3.8) is 0 Å². The van der Waals surface area contributed by atoms with Crippen LogP contribution in [0, 0.1) is 6.92 Å². The smallest absolute Gasteiger partial charge is 0.337 e. The topological polar surface area (TPSA) is 108 Å². The summed E-state index contributed by atoms with van der Waals surface area (Å²) in [4.78, 5) is 26.8. The number of carbonyl (C=O) groups excluding carboxylic acids is 1. The van der Waals surface area contributed by atoms with Crippen LogP contribution in [-0.2, 0) is 0 Å². The highest BCUT2D eigenvalue weighted by molar-refractivity contribution is 9.10. The average Bonchev–Trinajstić information content (AvgIpc) is 2.75. The highest BCUT2D eigenvalue weighted by Crippen LogP contribution is 2.22. The largest absolute Gasteiger partial charge is 0.478 e. The summed E-state index contributed by atoms with van der Waals surface area (Å²) in [7, 11) is 0. The molecular weight excluding hydrogens is 316 g/mol. The lowest BCUT2D eigenvalue weighted by Crippen LogP contribution is -2.16. The first-order chi connectivity index (χ1) is 8.97. The first-order valence-corrected chi connectivity index (χ1v) is 6.00. The van der Waals surface area contributed by atoms with Crippen molar-refractivity contribution in [2.24, 2.45) is 0 Å². The van der Waals surface area contributed by atoms with Crippen molar-refractivity contribution >= 4 is 33.5 Å². The molecule has 98 valence electrons. The molecule has 0 saturated carbocycles. The Morgan fingerprint density at radius 1 is 1.42 bits per heavy atom. The van der Waals surface area contributed by atoms with Gasteiger partial charge in [-0.05, 0) is 25.1 Å². The highest BCUT2D eigenvalue weighted by atomic mass is 79.9. The van der Waals surface area contributed by atoms with Gasteiger partial charge < -0.3 is 10.4 Å². The maximum atomic E-state index is 11.8. The molecule has 0 aliphatic heterocycles. The van der Waals surface area contributed by atoms with Gasteiger partial charge in [-0.1, -0.05) is 15.9 Å². The number of aromatic amines is 1. The predicted octanol–water partition coefficient (Wildman–Crippen LogP) is 1.83. The number of rotatable bonds is 3. The third-order valence-corrected chi connectivity index (χ3v) is 2.75. The van der Waals surface area contributed by atoms with Crippen molar-refractivity contribution < 1.29 is 14.7 Å². The van der Waals surface area contributed by atoms with Gasteiger partial charge in [-0.25, -0.2) is 9.78 Å². The number of hydrogen-bond donors (Lipinski definition) is 3. The van der Waals surface area contributed by atoms with Gasteiger partial charge in [0, 0.05) is 4.47 Å². The van der Waals surface area contributed by atoms with Crippen LogP contribution in [0.2, 0.25) is 0 Å². The Morgan fingerprint density at radius 3 is 2.74 bits per heavy atom. The Labute approximate surface area is 116 Å². The summed E-state index contributed by atoms with van der Waals surface area (Å²) in [5.41, 5.74) is 0.165. The number of aromatic nitrogens is 3. The van der Waals surface area contributed by atoms with Gasteiger partial charge in [0.15, 0.2) is 0 Å². The number of anilines is 1. The summed E-state index contributed by atoms with van der Waals surface area (Å²) in [5, 5.41) is 17.7. The van der Waals surface area contributed by atoms with E-state index < -0.39 is 11.9 Å². The zero-order valence-corrected chi connectivity index (χ0v) is 11.4. The van der Waals surface area contributed by atoms with Gasteiger partial charge in [-0.2, -0.15) is 0 Å². The normalized spacial score (nSPS) is 10.2. The minimum Gasteiger partial charge on any atom is -0.478 e. The molecule has 0 unspecified atom stereocenters. The number of aromatic carboxylic acids is 1. The third-order valence-electron chi connectivity index (χ3n) is 2.26. The summed E-state index contributed by atoms with van der Waals surface area (Å²) in [6.45, 7) is 1.66. The van der Waals surface area contributed by atoms with Crippen LogP contribution in [0.3, 0.4) is 0 Å². The summed E-state index contributed by atoms with van der Waals surface area (Å²) in [6, 6.07) is 4.47. The highest BCUT2D eigenvalue weighted by Gasteiger charge is 2.16. The maximum absolute atomic E-state index is 11.8. The van der Waals surface area contributed by atoms with Crippen LogP contribution in [0.25, 0.3) is 0 Å². The minimum atomic E-state index is -1.13. The van der Waals surface area contributed by atoms with E-state index in [0.29, 0.717) is 10.3 Å². The summed E-state index contributed by atoms with van der Waals surface area (Å²) in [6.07, 6.45) is 0. The number of nitrogens with one attached hydrogen (secondary N) is 2. The van der Waals surface area contributed by atoms with Crippen LogP contribution in [0.5, 0.6) is 0 Å². The molecule has 3 N–H and O–H groups in total. The van der Waals surface area contributed by atoms with Crippen LogP contribution in [-0.4, -0.2) is 32.2 Å². The Kier molecular flexibility index (Phi) is 3.61. The van der Waals surface area contributed by atoms with E-state index in [4.69, 9.17) is 5.11 Å². The molecule has 19 heavy (non-hydrogen) atoms. The van der Waals surface area contributed by atoms with Crippen molar-refractivity contribution in [1.82, 2.24) is 15.2 Å². The lowest BCUT2D eigenvalue weighted by Gasteiger charge is -2.07.